The van der Waals surface area contributed by atoms with Gasteiger partial charge in [0.1, 0.15) is 18.1 Å². The number of benzene rings is 3. The van der Waals surface area contributed by atoms with Gasteiger partial charge in [-0.1, -0.05) is 57.9 Å². The van der Waals surface area contributed by atoms with Crippen molar-refractivity contribution in [3.8, 4) is 11.5 Å². The van der Waals surface area contributed by atoms with E-state index in [0.29, 0.717) is 33.7 Å². The molecule has 0 aliphatic carbocycles. The molecule has 0 bridgehead atoms. The third kappa shape index (κ3) is 5.89. The lowest BCUT2D eigenvalue weighted by molar-refractivity contribution is -0.123. The second kappa shape index (κ2) is 10.7. The van der Waals surface area contributed by atoms with Crippen molar-refractivity contribution in [2.45, 2.75) is 27.0 Å². The van der Waals surface area contributed by atoms with Crippen molar-refractivity contribution in [3.63, 3.8) is 0 Å². The second-order valence-electron chi connectivity index (χ2n) is 8.04. The highest BCUT2D eigenvalue weighted by molar-refractivity contribution is 9.10. The molecular formula is C27H24BrFN2O4. The summed E-state index contributed by atoms with van der Waals surface area (Å²) >= 11 is 3.51. The van der Waals surface area contributed by atoms with Crippen molar-refractivity contribution < 1.29 is 23.5 Å². The van der Waals surface area contributed by atoms with Crippen molar-refractivity contribution in [1.82, 2.24) is 10.2 Å². The van der Waals surface area contributed by atoms with Crippen LogP contribution in [0, 0.1) is 12.7 Å². The van der Waals surface area contributed by atoms with Gasteiger partial charge in [-0.15, -0.1) is 0 Å². The van der Waals surface area contributed by atoms with Gasteiger partial charge in [0.2, 0.25) is 0 Å². The molecular weight excluding hydrogens is 515 g/mol. The largest absolute Gasteiger partial charge is 0.490 e. The van der Waals surface area contributed by atoms with Gasteiger partial charge < -0.3 is 14.8 Å². The van der Waals surface area contributed by atoms with Gasteiger partial charge in [-0.25, -0.2) is 9.18 Å². The van der Waals surface area contributed by atoms with E-state index < -0.39 is 11.9 Å². The van der Waals surface area contributed by atoms with Crippen molar-refractivity contribution >= 4 is 33.9 Å². The zero-order valence-electron chi connectivity index (χ0n) is 19.3. The lowest BCUT2D eigenvalue weighted by atomic mass is 10.1. The molecule has 8 heteroatoms. The van der Waals surface area contributed by atoms with Crippen LogP contribution in [-0.2, 0) is 17.9 Å². The Morgan fingerprint density at radius 1 is 1.00 bits per heavy atom. The molecule has 3 aromatic carbocycles. The molecule has 0 radical (unpaired) electrons. The molecule has 0 aromatic heterocycles. The van der Waals surface area contributed by atoms with E-state index in [1.807, 2.05) is 38.1 Å². The number of nitrogens with one attached hydrogen (secondary N) is 1. The summed E-state index contributed by atoms with van der Waals surface area (Å²) in [7, 11) is 0. The third-order valence-electron chi connectivity index (χ3n) is 5.33. The van der Waals surface area contributed by atoms with Gasteiger partial charge in [0.05, 0.1) is 13.2 Å². The molecule has 1 fully saturated rings. The fourth-order valence-corrected chi connectivity index (χ4v) is 4.13. The van der Waals surface area contributed by atoms with E-state index in [-0.39, 0.29) is 24.7 Å². The number of amides is 3. The van der Waals surface area contributed by atoms with E-state index in [2.05, 4.69) is 21.2 Å². The van der Waals surface area contributed by atoms with Crippen molar-refractivity contribution in [2.75, 3.05) is 6.61 Å². The summed E-state index contributed by atoms with van der Waals surface area (Å²) in [6.07, 6.45) is 1.60. The Bertz CT molecular complexity index is 1310. The normalized spacial score (nSPS) is 14.4. The first-order valence-electron chi connectivity index (χ1n) is 11.1. The number of rotatable bonds is 8. The molecule has 0 spiro atoms. The summed E-state index contributed by atoms with van der Waals surface area (Å²) in [4.78, 5) is 26.6. The lowest BCUT2D eigenvalue weighted by Crippen LogP contribution is -2.30. The second-order valence-corrected chi connectivity index (χ2v) is 8.89. The molecule has 35 heavy (non-hydrogen) atoms. The predicted octanol–water partition coefficient (Wildman–Crippen LogP) is 5.97. The highest BCUT2D eigenvalue weighted by Crippen LogP contribution is 2.36. The summed E-state index contributed by atoms with van der Waals surface area (Å²) in [5.41, 5.74) is 3.40. The van der Waals surface area contributed by atoms with Crippen LogP contribution in [0.5, 0.6) is 11.5 Å². The third-order valence-corrected chi connectivity index (χ3v) is 6.02. The molecule has 180 valence electrons. The van der Waals surface area contributed by atoms with Crippen molar-refractivity contribution in [1.29, 1.82) is 0 Å². The van der Waals surface area contributed by atoms with E-state index >= 15 is 0 Å². The van der Waals surface area contributed by atoms with E-state index in [0.717, 1.165) is 11.1 Å². The number of aryl methyl sites for hydroxylation is 1. The summed E-state index contributed by atoms with van der Waals surface area (Å²) in [6, 6.07) is 16.8. The van der Waals surface area contributed by atoms with Crippen LogP contribution in [0.15, 0.2) is 70.8 Å². The first-order valence-corrected chi connectivity index (χ1v) is 11.9. The van der Waals surface area contributed by atoms with Crippen LogP contribution in [0.25, 0.3) is 6.08 Å². The van der Waals surface area contributed by atoms with Crippen molar-refractivity contribution in [3.05, 3.63) is 98.9 Å². The molecule has 6 nitrogen and oxygen atoms in total. The first kappa shape index (κ1) is 24.5. The van der Waals surface area contributed by atoms with E-state index in [1.54, 1.807) is 30.3 Å². The fraction of sp³-hybridized carbons (Fsp3) is 0.185. The SMILES string of the molecule is CCOc1cc(/C=C2/NC(=O)N(Cc3cccc(C)c3)C2=O)c(Br)cc1OCc1cccc(F)c1. The van der Waals surface area contributed by atoms with Crippen LogP contribution in [0.2, 0.25) is 0 Å². The number of halogens is 2. The molecule has 0 unspecified atom stereocenters. The van der Waals surface area contributed by atoms with Crippen molar-refractivity contribution in [2.24, 2.45) is 0 Å². The molecule has 1 heterocycles. The zero-order valence-corrected chi connectivity index (χ0v) is 20.9. The van der Waals surface area contributed by atoms with E-state index in [9.17, 15) is 14.0 Å². The number of hydrogen-bond acceptors (Lipinski definition) is 4. The molecule has 0 saturated carbocycles. The Balaban J connectivity index is 1.56. The van der Waals surface area contributed by atoms with Gasteiger partial charge in [-0.05, 0) is 60.9 Å². The molecule has 1 N–H and O–H groups in total. The summed E-state index contributed by atoms with van der Waals surface area (Å²) in [5, 5.41) is 2.65. The highest BCUT2D eigenvalue weighted by atomic mass is 79.9. The van der Waals surface area contributed by atoms with Gasteiger partial charge >= 0.3 is 6.03 Å². The Labute approximate surface area is 211 Å². The number of ether oxygens (including phenoxy) is 2. The van der Waals surface area contributed by atoms with Gasteiger partial charge in [0, 0.05) is 4.47 Å². The molecule has 1 aliphatic heterocycles. The Hall–Kier alpha value is -3.65. The Morgan fingerprint density at radius 3 is 2.49 bits per heavy atom. The minimum atomic E-state index is -0.473. The maximum atomic E-state index is 13.5. The predicted molar refractivity (Wildman–Crippen MR) is 134 cm³/mol. The number of nitrogens with zero attached hydrogens (tertiary/aromatic N) is 1. The maximum Gasteiger partial charge on any atom is 0.329 e. The van der Waals surface area contributed by atoms with E-state index in [4.69, 9.17) is 9.47 Å². The Morgan fingerprint density at radius 2 is 1.74 bits per heavy atom. The van der Waals surface area contributed by atoms with Crippen LogP contribution >= 0.6 is 15.9 Å². The molecule has 0 atom stereocenters. The number of urea groups is 1. The topological polar surface area (TPSA) is 67.9 Å². The van der Waals surface area contributed by atoms with Crippen LogP contribution < -0.4 is 14.8 Å². The van der Waals surface area contributed by atoms with Gasteiger partial charge in [-0.2, -0.15) is 0 Å². The van der Waals surface area contributed by atoms with Gasteiger partial charge in [0.25, 0.3) is 5.91 Å². The summed E-state index contributed by atoms with van der Waals surface area (Å²) < 4.78 is 25.7. The number of imide groups is 1. The van der Waals surface area contributed by atoms with Gasteiger partial charge in [0.15, 0.2) is 11.5 Å². The summed E-state index contributed by atoms with van der Waals surface area (Å²) in [5.74, 6) is 0.187. The fourth-order valence-electron chi connectivity index (χ4n) is 3.69. The number of carbonyl (C=O) groups excluding carboxylic acids is 2. The quantitative estimate of drug-likeness (QED) is 0.283. The minimum absolute atomic E-state index is 0.160. The maximum absolute atomic E-state index is 13.5. The standard InChI is InChI=1S/C27H24BrFN2O4/c1-3-34-24-13-20(22(28)14-25(24)35-16-19-8-5-9-21(29)11-19)12-23-26(32)31(27(33)30-23)15-18-7-4-6-17(2)10-18/h4-14H,3,15-16H2,1-2H3,(H,30,33)/b23-12+. The minimum Gasteiger partial charge on any atom is -0.490 e. The van der Waals surface area contributed by atoms with E-state index in [1.165, 1.54) is 17.0 Å². The molecule has 4 rings (SSSR count). The summed E-state index contributed by atoms with van der Waals surface area (Å²) in [6.45, 7) is 4.54. The average molecular weight is 539 g/mol. The average Bonchev–Trinajstić information content (AvgIpc) is 3.07. The molecule has 3 amide bonds. The molecule has 1 saturated heterocycles. The van der Waals surface area contributed by atoms with Crippen LogP contribution in [0.3, 0.4) is 0 Å². The van der Waals surface area contributed by atoms with Gasteiger partial charge in [-0.3, -0.25) is 9.69 Å². The smallest absolute Gasteiger partial charge is 0.329 e. The van der Waals surface area contributed by atoms with Crippen LogP contribution in [0.4, 0.5) is 9.18 Å². The monoisotopic (exact) mass is 538 g/mol. The highest BCUT2D eigenvalue weighted by Gasteiger charge is 2.33. The first-order chi connectivity index (χ1) is 16.8. The van der Waals surface area contributed by atoms with Crippen LogP contribution in [0.1, 0.15) is 29.2 Å². The Kier molecular flexibility index (Phi) is 7.51. The zero-order chi connectivity index (χ0) is 24.9. The number of carbonyl (C=O) groups is 2. The van der Waals surface area contributed by atoms with Crippen LogP contribution in [-0.4, -0.2) is 23.4 Å². The number of hydrogen-bond donors (Lipinski definition) is 1. The molecule has 1 aliphatic rings. The lowest BCUT2D eigenvalue weighted by Gasteiger charge is -2.14. The molecule has 3 aromatic rings.